The molecule has 0 fully saturated rings. The highest BCUT2D eigenvalue weighted by Gasteiger charge is 2.29. The predicted molar refractivity (Wildman–Crippen MR) is 106 cm³/mol. The first-order chi connectivity index (χ1) is 11.4. The Balaban J connectivity index is 2.37. The van der Waals surface area contributed by atoms with Crippen LogP contribution in [0.5, 0.6) is 0 Å². The molecule has 0 aliphatic rings. The standard InChI is InChI=1S/C17H12Br4F2O/c18-7-11(9-1-3-15(22)13(20)5-9)17(24)12(8-19)10-2-4-16(23)14(21)6-10/h1-6,11-12H,7-8H2. The van der Waals surface area contributed by atoms with Crippen LogP contribution in [-0.2, 0) is 4.79 Å². The number of ketones is 1. The van der Waals surface area contributed by atoms with Gasteiger partial charge in [-0.25, -0.2) is 8.78 Å². The first kappa shape index (κ1) is 20.2. The van der Waals surface area contributed by atoms with Gasteiger partial charge in [-0.3, -0.25) is 4.79 Å². The van der Waals surface area contributed by atoms with Gasteiger partial charge in [-0.15, -0.1) is 0 Å². The molecule has 0 aliphatic carbocycles. The molecule has 0 amide bonds. The summed E-state index contributed by atoms with van der Waals surface area (Å²) in [6.07, 6.45) is 0. The van der Waals surface area contributed by atoms with Crippen LogP contribution in [0.2, 0.25) is 0 Å². The number of hydrogen-bond donors (Lipinski definition) is 0. The predicted octanol–water partition coefficient (Wildman–Crippen LogP) is 6.72. The zero-order valence-corrected chi connectivity index (χ0v) is 18.6. The van der Waals surface area contributed by atoms with Gasteiger partial charge in [0, 0.05) is 10.7 Å². The lowest BCUT2D eigenvalue weighted by molar-refractivity contribution is -0.121. The minimum Gasteiger partial charge on any atom is -0.298 e. The molecule has 0 aromatic heterocycles. The van der Waals surface area contributed by atoms with Crippen molar-refractivity contribution in [3.8, 4) is 0 Å². The van der Waals surface area contributed by atoms with Gasteiger partial charge in [-0.1, -0.05) is 44.0 Å². The maximum absolute atomic E-state index is 13.4. The molecular formula is C17H12Br4F2O. The molecule has 24 heavy (non-hydrogen) atoms. The lowest BCUT2D eigenvalue weighted by Crippen LogP contribution is -2.23. The van der Waals surface area contributed by atoms with Crippen LogP contribution >= 0.6 is 63.7 Å². The second-order valence-electron chi connectivity index (χ2n) is 5.16. The van der Waals surface area contributed by atoms with Gasteiger partial charge in [0.25, 0.3) is 0 Å². The van der Waals surface area contributed by atoms with Crippen molar-refractivity contribution in [3.05, 3.63) is 68.1 Å². The summed E-state index contributed by atoms with van der Waals surface area (Å²) in [6.45, 7) is 0. The molecule has 0 saturated heterocycles. The van der Waals surface area contributed by atoms with Crippen molar-refractivity contribution in [1.29, 1.82) is 0 Å². The van der Waals surface area contributed by atoms with E-state index in [1.54, 1.807) is 24.3 Å². The first-order valence-corrected chi connectivity index (χ1v) is 10.8. The van der Waals surface area contributed by atoms with Crippen LogP contribution in [0, 0.1) is 11.6 Å². The maximum atomic E-state index is 13.4. The smallest absolute Gasteiger partial charge is 0.149 e. The number of alkyl halides is 2. The first-order valence-electron chi connectivity index (χ1n) is 6.94. The van der Waals surface area contributed by atoms with Crippen LogP contribution in [0.1, 0.15) is 23.0 Å². The summed E-state index contributed by atoms with van der Waals surface area (Å²) in [7, 11) is 0. The van der Waals surface area contributed by atoms with Gasteiger partial charge in [-0.2, -0.15) is 0 Å². The summed E-state index contributed by atoms with van der Waals surface area (Å²) in [4.78, 5) is 13.0. The Morgan fingerprint density at radius 3 is 1.50 bits per heavy atom. The third kappa shape index (κ3) is 4.54. The molecule has 0 heterocycles. The Labute approximate surface area is 172 Å². The molecule has 2 aromatic carbocycles. The minimum atomic E-state index is -0.437. The van der Waals surface area contributed by atoms with E-state index in [4.69, 9.17) is 0 Å². The Hall–Kier alpha value is -0.110. The summed E-state index contributed by atoms with van der Waals surface area (Å²) in [5.74, 6) is -1.65. The fraction of sp³-hybridized carbons (Fsp3) is 0.235. The SMILES string of the molecule is O=C(C(CBr)c1ccc(F)c(Br)c1)C(CBr)c1ccc(F)c(Br)c1. The number of halogens is 6. The highest BCUT2D eigenvalue weighted by molar-refractivity contribution is 9.11. The Morgan fingerprint density at radius 2 is 1.21 bits per heavy atom. The van der Waals surface area contributed by atoms with Gasteiger partial charge < -0.3 is 0 Å². The third-order valence-electron chi connectivity index (χ3n) is 3.69. The fourth-order valence-corrected chi connectivity index (χ4v) is 4.54. The zero-order chi connectivity index (χ0) is 17.9. The molecule has 2 aromatic rings. The lowest BCUT2D eigenvalue weighted by Gasteiger charge is -2.21. The van der Waals surface area contributed by atoms with Crippen LogP contribution < -0.4 is 0 Å². The summed E-state index contributed by atoms with van der Waals surface area (Å²) in [5, 5.41) is 0.825. The highest BCUT2D eigenvalue weighted by atomic mass is 79.9. The maximum Gasteiger partial charge on any atom is 0.149 e. The van der Waals surface area contributed by atoms with Crippen molar-refractivity contribution in [2.24, 2.45) is 0 Å². The minimum absolute atomic E-state index is 0.0271. The summed E-state index contributed by atoms with van der Waals surface area (Å²) in [5.41, 5.74) is 1.44. The van der Waals surface area contributed by atoms with Crippen molar-refractivity contribution in [1.82, 2.24) is 0 Å². The molecule has 7 heteroatoms. The normalized spacial score (nSPS) is 13.6. The quantitative estimate of drug-likeness (QED) is 0.342. The number of benzene rings is 2. The molecule has 0 saturated carbocycles. The van der Waals surface area contributed by atoms with Gasteiger partial charge in [0.15, 0.2) is 0 Å². The number of Topliss-reactive ketones (excluding diaryl/α,β-unsaturated/α-hetero) is 1. The van der Waals surface area contributed by atoms with Gasteiger partial charge in [-0.05, 0) is 67.3 Å². The van der Waals surface area contributed by atoms with E-state index >= 15 is 0 Å². The van der Waals surface area contributed by atoms with Crippen molar-refractivity contribution in [2.75, 3.05) is 10.7 Å². The molecule has 0 aliphatic heterocycles. The monoisotopic (exact) mass is 586 g/mol. The van der Waals surface area contributed by atoms with E-state index in [2.05, 4.69) is 63.7 Å². The van der Waals surface area contributed by atoms with E-state index in [9.17, 15) is 13.6 Å². The largest absolute Gasteiger partial charge is 0.298 e. The van der Waals surface area contributed by atoms with Crippen LogP contribution in [0.25, 0.3) is 0 Å². The highest BCUT2D eigenvalue weighted by Crippen LogP contribution is 2.32. The fourth-order valence-electron chi connectivity index (χ4n) is 2.36. The van der Waals surface area contributed by atoms with E-state index in [-0.39, 0.29) is 17.4 Å². The van der Waals surface area contributed by atoms with Crippen molar-refractivity contribution >= 4 is 69.5 Å². The summed E-state index contributed by atoms with van der Waals surface area (Å²) < 4.78 is 27.5. The molecule has 0 radical (unpaired) electrons. The molecule has 0 bridgehead atoms. The number of carbonyl (C=O) groups is 1. The van der Waals surface area contributed by atoms with Gasteiger partial charge in [0.05, 0.1) is 20.8 Å². The average molecular weight is 590 g/mol. The van der Waals surface area contributed by atoms with E-state index in [0.29, 0.717) is 19.6 Å². The molecule has 128 valence electrons. The lowest BCUT2D eigenvalue weighted by atomic mass is 9.86. The second-order valence-corrected chi connectivity index (χ2v) is 8.17. The van der Waals surface area contributed by atoms with Gasteiger partial charge in [0.2, 0.25) is 0 Å². The number of carbonyl (C=O) groups excluding carboxylic acids is 1. The van der Waals surface area contributed by atoms with Crippen molar-refractivity contribution < 1.29 is 13.6 Å². The molecule has 2 unspecified atom stereocenters. The van der Waals surface area contributed by atoms with E-state index in [1.807, 2.05) is 0 Å². The van der Waals surface area contributed by atoms with E-state index in [0.717, 1.165) is 11.1 Å². The number of rotatable bonds is 6. The van der Waals surface area contributed by atoms with Crippen LogP contribution in [-0.4, -0.2) is 16.4 Å². The van der Waals surface area contributed by atoms with Crippen LogP contribution in [0.15, 0.2) is 45.3 Å². The van der Waals surface area contributed by atoms with Crippen LogP contribution in [0.3, 0.4) is 0 Å². The Kier molecular flexibility index (Phi) is 7.59. The molecular weight excluding hydrogens is 578 g/mol. The van der Waals surface area contributed by atoms with Crippen molar-refractivity contribution in [3.63, 3.8) is 0 Å². The van der Waals surface area contributed by atoms with Crippen molar-refractivity contribution in [2.45, 2.75) is 11.8 Å². The second kappa shape index (κ2) is 9.01. The summed E-state index contributed by atoms with van der Waals surface area (Å²) in [6, 6.07) is 9.11. The topological polar surface area (TPSA) is 17.1 Å². The summed E-state index contributed by atoms with van der Waals surface area (Å²) >= 11 is 13.1. The van der Waals surface area contributed by atoms with E-state index in [1.165, 1.54) is 12.1 Å². The molecule has 2 atom stereocenters. The number of hydrogen-bond acceptors (Lipinski definition) is 1. The van der Waals surface area contributed by atoms with Gasteiger partial charge >= 0.3 is 0 Å². The zero-order valence-electron chi connectivity index (χ0n) is 12.2. The van der Waals surface area contributed by atoms with Crippen LogP contribution in [0.4, 0.5) is 8.78 Å². The molecule has 0 N–H and O–H groups in total. The average Bonchev–Trinajstić information content (AvgIpc) is 2.55. The van der Waals surface area contributed by atoms with E-state index < -0.39 is 11.8 Å². The molecule has 2 rings (SSSR count). The third-order valence-corrected chi connectivity index (χ3v) is 6.20. The Bertz CT molecular complexity index is 690. The molecule has 1 nitrogen and oxygen atoms in total. The van der Waals surface area contributed by atoms with Gasteiger partial charge in [0.1, 0.15) is 17.4 Å². The Morgan fingerprint density at radius 1 is 0.833 bits per heavy atom. The molecule has 0 spiro atoms.